The van der Waals surface area contributed by atoms with Crippen LogP contribution in [0.5, 0.6) is 11.5 Å². The fourth-order valence-electron chi connectivity index (χ4n) is 2.38. The lowest BCUT2D eigenvalue weighted by Crippen LogP contribution is -2.38. The van der Waals surface area contributed by atoms with E-state index in [2.05, 4.69) is 0 Å². The second-order valence-electron chi connectivity index (χ2n) is 4.97. The number of rotatable bonds is 5. The van der Waals surface area contributed by atoms with E-state index in [4.69, 9.17) is 15.2 Å². The summed E-state index contributed by atoms with van der Waals surface area (Å²) in [6.45, 7) is 3.80. The van der Waals surface area contributed by atoms with Crippen LogP contribution in [-0.4, -0.2) is 37.1 Å². The van der Waals surface area contributed by atoms with Gasteiger partial charge in [-0.25, -0.2) is 0 Å². The summed E-state index contributed by atoms with van der Waals surface area (Å²) in [7, 11) is 1.60. The fourth-order valence-corrected chi connectivity index (χ4v) is 2.38. The largest absolute Gasteiger partial charge is 0.497 e. The third kappa shape index (κ3) is 3.22. The molecule has 1 aliphatic heterocycles. The summed E-state index contributed by atoms with van der Waals surface area (Å²) in [5.74, 6) is 1.35. The zero-order valence-corrected chi connectivity index (χ0v) is 12.1. The molecule has 1 aromatic rings. The summed E-state index contributed by atoms with van der Waals surface area (Å²) < 4.78 is 11.0. The summed E-state index contributed by atoms with van der Waals surface area (Å²) in [6, 6.07) is 5.47. The van der Waals surface area contributed by atoms with Crippen LogP contribution in [0.2, 0.25) is 0 Å². The van der Waals surface area contributed by atoms with Gasteiger partial charge in [0.05, 0.1) is 7.11 Å². The van der Waals surface area contributed by atoms with E-state index < -0.39 is 6.10 Å². The Hall–Kier alpha value is -1.75. The standard InChI is InChI=1S/C15H22N2O3/c1-11(15(18)17-7-3-4-8-17)20-14-9-13(19-2)6-5-12(14)10-16/h5-6,9,11H,3-4,7-8,10,16H2,1-2H3. The quantitative estimate of drug-likeness (QED) is 0.887. The average molecular weight is 278 g/mol. The normalized spacial score (nSPS) is 16.1. The van der Waals surface area contributed by atoms with Crippen molar-refractivity contribution in [3.8, 4) is 11.5 Å². The van der Waals surface area contributed by atoms with Gasteiger partial charge in [-0.2, -0.15) is 0 Å². The minimum Gasteiger partial charge on any atom is -0.497 e. The topological polar surface area (TPSA) is 64.8 Å². The fraction of sp³-hybridized carbons (Fsp3) is 0.533. The average Bonchev–Trinajstić information content (AvgIpc) is 3.00. The zero-order valence-electron chi connectivity index (χ0n) is 12.1. The van der Waals surface area contributed by atoms with Crippen molar-refractivity contribution in [3.63, 3.8) is 0 Å². The van der Waals surface area contributed by atoms with Gasteiger partial charge in [-0.3, -0.25) is 4.79 Å². The monoisotopic (exact) mass is 278 g/mol. The van der Waals surface area contributed by atoms with Crippen molar-refractivity contribution in [1.82, 2.24) is 4.90 Å². The Morgan fingerprint density at radius 1 is 1.40 bits per heavy atom. The number of benzene rings is 1. The van der Waals surface area contributed by atoms with E-state index in [9.17, 15) is 4.79 Å². The second kappa shape index (κ2) is 6.61. The molecule has 1 unspecified atom stereocenters. The highest BCUT2D eigenvalue weighted by Crippen LogP contribution is 2.26. The van der Waals surface area contributed by atoms with Crippen LogP contribution in [0.1, 0.15) is 25.3 Å². The van der Waals surface area contributed by atoms with E-state index >= 15 is 0 Å². The molecule has 2 rings (SSSR count). The SMILES string of the molecule is COc1ccc(CN)c(OC(C)C(=O)N2CCCC2)c1. The lowest BCUT2D eigenvalue weighted by molar-refractivity contribution is -0.136. The summed E-state index contributed by atoms with van der Waals surface area (Å²) in [4.78, 5) is 14.1. The molecule has 2 N–H and O–H groups in total. The van der Waals surface area contributed by atoms with E-state index in [-0.39, 0.29) is 5.91 Å². The Labute approximate surface area is 119 Å². The number of ether oxygens (including phenoxy) is 2. The van der Waals surface area contributed by atoms with Crippen LogP contribution in [0, 0.1) is 0 Å². The van der Waals surface area contributed by atoms with Crippen LogP contribution in [-0.2, 0) is 11.3 Å². The lowest BCUT2D eigenvalue weighted by Gasteiger charge is -2.22. The molecule has 0 bridgehead atoms. The molecule has 20 heavy (non-hydrogen) atoms. The molecule has 1 atom stereocenters. The highest BCUT2D eigenvalue weighted by molar-refractivity contribution is 5.81. The predicted octanol–water partition coefficient (Wildman–Crippen LogP) is 1.54. The molecule has 1 amide bonds. The van der Waals surface area contributed by atoms with Crippen LogP contribution >= 0.6 is 0 Å². The first-order valence-corrected chi connectivity index (χ1v) is 6.98. The van der Waals surface area contributed by atoms with Crippen molar-refractivity contribution < 1.29 is 14.3 Å². The highest BCUT2D eigenvalue weighted by atomic mass is 16.5. The van der Waals surface area contributed by atoms with Crippen LogP contribution in [0.3, 0.4) is 0 Å². The number of hydrogen-bond acceptors (Lipinski definition) is 4. The van der Waals surface area contributed by atoms with Gasteiger partial charge >= 0.3 is 0 Å². The molecule has 1 saturated heterocycles. The molecule has 1 aliphatic rings. The first-order chi connectivity index (χ1) is 9.65. The van der Waals surface area contributed by atoms with Crippen molar-refractivity contribution in [2.45, 2.75) is 32.4 Å². The minimum atomic E-state index is -0.509. The van der Waals surface area contributed by atoms with Crippen LogP contribution < -0.4 is 15.2 Å². The van der Waals surface area contributed by atoms with E-state index in [0.29, 0.717) is 18.0 Å². The van der Waals surface area contributed by atoms with E-state index in [1.54, 1.807) is 20.1 Å². The number of hydrogen-bond donors (Lipinski definition) is 1. The van der Waals surface area contributed by atoms with E-state index in [1.165, 1.54) is 0 Å². The Balaban J connectivity index is 2.09. The number of carbonyl (C=O) groups excluding carboxylic acids is 1. The smallest absolute Gasteiger partial charge is 0.263 e. The first kappa shape index (κ1) is 14.7. The summed E-state index contributed by atoms with van der Waals surface area (Å²) in [5.41, 5.74) is 6.57. The van der Waals surface area contributed by atoms with Gasteiger partial charge in [0.2, 0.25) is 0 Å². The van der Waals surface area contributed by atoms with E-state index in [1.807, 2.05) is 17.0 Å². The maximum absolute atomic E-state index is 12.2. The van der Waals surface area contributed by atoms with Crippen LogP contribution in [0.15, 0.2) is 18.2 Å². The van der Waals surface area contributed by atoms with Gasteiger partial charge < -0.3 is 20.1 Å². The molecule has 0 spiro atoms. The molecule has 110 valence electrons. The molecule has 1 heterocycles. The summed E-state index contributed by atoms with van der Waals surface area (Å²) in [5, 5.41) is 0. The number of methoxy groups -OCH3 is 1. The molecule has 0 aliphatic carbocycles. The molecule has 5 heteroatoms. The van der Waals surface area contributed by atoms with Gasteiger partial charge in [0.25, 0.3) is 5.91 Å². The highest BCUT2D eigenvalue weighted by Gasteiger charge is 2.25. The number of amides is 1. The first-order valence-electron chi connectivity index (χ1n) is 6.98. The van der Waals surface area contributed by atoms with Crippen molar-refractivity contribution in [3.05, 3.63) is 23.8 Å². The molecule has 1 aromatic carbocycles. The minimum absolute atomic E-state index is 0.0355. The van der Waals surface area contributed by atoms with Gasteiger partial charge in [-0.15, -0.1) is 0 Å². The maximum Gasteiger partial charge on any atom is 0.263 e. The number of likely N-dealkylation sites (tertiary alicyclic amines) is 1. The molecular formula is C15H22N2O3. The Bertz CT molecular complexity index is 470. The summed E-state index contributed by atoms with van der Waals surface area (Å²) in [6.07, 6.45) is 1.64. The van der Waals surface area contributed by atoms with Crippen LogP contribution in [0.4, 0.5) is 0 Å². The Morgan fingerprint density at radius 3 is 2.70 bits per heavy atom. The number of nitrogens with two attached hydrogens (primary N) is 1. The van der Waals surface area contributed by atoms with Crippen LogP contribution in [0.25, 0.3) is 0 Å². The van der Waals surface area contributed by atoms with Gasteiger partial charge in [0.1, 0.15) is 11.5 Å². The molecule has 0 radical (unpaired) electrons. The van der Waals surface area contributed by atoms with Gasteiger partial charge in [-0.1, -0.05) is 6.07 Å². The van der Waals surface area contributed by atoms with Gasteiger partial charge in [-0.05, 0) is 25.8 Å². The molecule has 0 aromatic heterocycles. The summed E-state index contributed by atoms with van der Waals surface area (Å²) >= 11 is 0. The predicted molar refractivity (Wildman–Crippen MR) is 76.8 cm³/mol. The Morgan fingerprint density at radius 2 is 2.10 bits per heavy atom. The molecular weight excluding hydrogens is 256 g/mol. The third-order valence-corrected chi connectivity index (χ3v) is 3.56. The lowest BCUT2D eigenvalue weighted by atomic mass is 10.2. The number of carbonyl (C=O) groups is 1. The Kier molecular flexibility index (Phi) is 4.84. The third-order valence-electron chi connectivity index (χ3n) is 3.56. The van der Waals surface area contributed by atoms with Crippen molar-refractivity contribution in [2.75, 3.05) is 20.2 Å². The van der Waals surface area contributed by atoms with Crippen molar-refractivity contribution in [1.29, 1.82) is 0 Å². The van der Waals surface area contributed by atoms with Crippen molar-refractivity contribution >= 4 is 5.91 Å². The number of nitrogens with zero attached hydrogens (tertiary/aromatic N) is 1. The molecule has 0 saturated carbocycles. The van der Waals surface area contributed by atoms with Gasteiger partial charge in [0.15, 0.2) is 6.10 Å². The zero-order chi connectivity index (χ0) is 14.5. The molecule has 5 nitrogen and oxygen atoms in total. The maximum atomic E-state index is 12.2. The van der Waals surface area contributed by atoms with Crippen molar-refractivity contribution in [2.24, 2.45) is 5.73 Å². The molecule has 1 fully saturated rings. The van der Waals surface area contributed by atoms with Gasteiger partial charge in [0, 0.05) is 31.3 Å². The van der Waals surface area contributed by atoms with E-state index in [0.717, 1.165) is 31.5 Å². The second-order valence-corrected chi connectivity index (χ2v) is 4.97.